The SMILES string of the molecule is CSCC[C@@H](NC(=O)COc1ccccc1)C(=O)N1CCN(c2ccccc2O)CC1. The second kappa shape index (κ2) is 11.5. The highest BCUT2D eigenvalue weighted by atomic mass is 32.2. The molecule has 2 aromatic rings. The van der Waals surface area contributed by atoms with Gasteiger partial charge in [0.15, 0.2) is 6.61 Å². The zero-order valence-corrected chi connectivity index (χ0v) is 18.5. The fourth-order valence-corrected chi connectivity index (χ4v) is 3.99. The summed E-state index contributed by atoms with van der Waals surface area (Å²) in [5.74, 6) is 1.25. The maximum atomic E-state index is 13.1. The lowest BCUT2D eigenvalue weighted by Gasteiger charge is -2.37. The predicted octanol–water partition coefficient (Wildman–Crippen LogP) is 2.36. The molecule has 1 aliphatic heterocycles. The van der Waals surface area contributed by atoms with Crippen molar-refractivity contribution in [3.8, 4) is 11.5 Å². The van der Waals surface area contributed by atoms with Gasteiger partial charge in [-0.25, -0.2) is 0 Å². The topological polar surface area (TPSA) is 82.1 Å². The summed E-state index contributed by atoms with van der Waals surface area (Å²) in [4.78, 5) is 29.4. The first-order valence-corrected chi connectivity index (χ1v) is 11.8. The maximum Gasteiger partial charge on any atom is 0.258 e. The van der Waals surface area contributed by atoms with Gasteiger partial charge < -0.3 is 25.0 Å². The number of benzene rings is 2. The third kappa shape index (κ3) is 6.55. The Morgan fingerprint density at radius 1 is 1.06 bits per heavy atom. The molecule has 3 rings (SSSR count). The average Bonchev–Trinajstić information content (AvgIpc) is 2.81. The summed E-state index contributed by atoms with van der Waals surface area (Å²) in [6, 6.07) is 15.8. The van der Waals surface area contributed by atoms with E-state index in [9.17, 15) is 14.7 Å². The number of anilines is 1. The molecule has 166 valence electrons. The van der Waals surface area contributed by atoms with Crippen LogP contribution in [0.4, 0.5) is 5.69 Å². The van der Waals surface area contributed by atoms with Gasteiger partial charge in [-0.2, -0.15) is 11.8 Å². The van der Waals surface area contributed by atoms with E-state index in [1.54, 1.807) is 40.9 Å². The summed E-state index contributed by atoms with van der Waals surface area (Å²) in [5.41, 5.74) is 0.778. The Bertz CT molecular complexity index is 857. The minimum absolute atomic E-state index is 0.0703. The van der Waals surface area contributed by atoms with Crippen LogP contribution in [0, 0.1) is 0 Å². The first-order chi connectivity index (χ1) is 15.1. The molecule has 0 bridgehead atoms. The van der Waals surface area contributed by atoms with Gasteiger partial charge in [-0.05, 0) is 42.7 Å². The fraction of sp³-hybridized carbons (Fsp3) is 0.391. The number of aromatic hydroxyl groups is 1. The molecule has 1 aliphatic rings. The van der Waals surface area contributed by atoms with E-state index in [1.165, 1.54) is 0 Å². The van der Waals surface area contributed by atoms with E-state index in [4.69, 9.17) is 4.74 Å². The molecule has 0 radical (unpaired) electrons. The van der Waals surface area contributed by atoms with E-state index in [0.29, 0.717) is 38.3 Å². The van der Waals surface area contributed by atoms with E-state index in [2.05, 4.69) is 10.2 Å². The van der Waals surface area contributed by atoms with Crippen LogP contribution in [0.1, 0.15) is 6.42 Å². The van der Waals surface area contributed by atoms with Gasteiger partial charge in [0, 0.05) is 26.2 Å². The quantitative estimate of drug-likeness (QED) is 0.619. The fourth-order valence-electron chi connectivity index (χ4n) is 3.51. The molecule has 8 heteroatoms. The number of phenolic OH excluding ortho intramolecular Hbond substituents is 1. The van der Waals surface area contributed by atoms with Crippen LogP contribution >= 0.6 is 11.8 Å². The van der Waals surface area contributed by atoms with Crippen molar-refractivity contribution < 1.29 is 19.4 Å². The van der Waals surface area contributed by atoms with Gasteiger partial charge in [0.05, 0.1) is 5.69 Å². The number of piperazine rings is 1. The zero-order chi connectivity index (χ0) is 22.1. The number of rotatable bonds is 9. The van der Waals surface area contributed by atoms with Crippen molar-refractivity contribution in [2.45, 2.75) is 12.5 Å². The Labute approximate surface area is 187 Å². The molecule has 2 amide bonds. The number of hydrogen-bond acceptors (Lipinski definition) is 6. The van der Waals surface area contributed by atoms with Crippen molar-refractivity contribution in [2.24, 2.45) is 0 Å². The Kier molecular flexibility index (Phi) is 8.46. The molecule has 7 nitrogen and oxygen atoms in total. The van der Waals surface area contributed by atoms with Crippen molar-refractivity contribution in [3.05, 3.63) is 54.6 Å². The first kappa shape index (κ1) is 22.8. The zero-order valence-electron chi connectivity index (χ0n) is 17.7. The van der Waals surface area contributed by atoms with Crippen LogP contribution in [0.3, 0.4) is 0 Å². The highest BCUT2D eigenvalue weighted by molar-refractivity contribution is 7.98. The Morgan fingerprint density at radius 3 is 2.42 bits per heavy atom. The summed E-state index contributed by atoms with van der Waals surface area (Å²) in [5, 5.41) is 12.9. The molecule has 1 fully saturated rings. The Morgan fingerprint density at radius 2 is 1.74 bits per heavy atom. The number of para-hydroxylation sites is 3. The Balaban J connectivity index is 1.54. The van der Waals surface area contributed by atoms with E-state index < -0.39 is 6.04 Å². The molecule has 0 unspecified atom stereocenters. The number of phenols is 1. The van der Waals surface area contributed by atoms with Crippen molar-refractivity contribution in [1.29, 1.82) is 0 Å². The summed E-state index contributed by atoms with van der Waals surface area (Å²) < 4.78 is 5.50. The van der Waals surface area contributed by atoms with Crippen LogP contribution in [0.2, 0.25) is 0 Å². The third-order valence-corrected chi connectivity index (χ3v) is 5.81. The number of ether oxygens (including phenoxy) is 1. The van der Waals surface area contributed by atoms with Crippen LogP contribution in [0.15, 0.2) is 54.6 Å². The molecule has 1 heterocycles. The van der Waals surface area contributed by atoms with Crippen LogP contribution in [-0.2, 0) is 9.59 Å². The maximum absolute atomic E-state index is 13.1. The van der Waals surface area contributed by atoms with Crippen molar-refractivity contribution in [2.75, 3.05) is 49.7 Å². The summed E-state index contributed by atoms with van der Waals surface area (Å²) in [7, 11) is 0. The van der Waals surface area contributed by atoms with E-state index >= 15 is 0 Å². The van der Waals surface area contributed by atoms with Gasteiger partial charge in [-0.3, -0.25) is 9.59 Å². The van der Waals surface area contributed by atoms with Crippen LogP contribution in [-0.4, -0.2) is 72.7 Å². The molecule has 0 aliphatic carbocycles. The van der Waals surface area contributed by atoms with Crippen molar-refractivity contribution >= 4 is 29.3 Å². The molecule has 0 aromatic heterocycles. The lowest BCUT2D eigenvalue weighted by atomic mass is 10.1. The summed E-state index contributed by atoms with van der Waals surface area (Å²) in [6.07, 6.45) is 2.55. The molecule has 0 saturated carbocycles. The second-order valence-corrected chi connectivity index (χ2v) is 8.29. The van der Waals surface area contributed by atoms with Crippen molar-refractivity contribution in [1.82, 2.24) is 10.2 Å². The van der Waals surface area contributed by atoms with Gasteiger partial charge in [-0.15, -0.1) is 0 Å². The van der Waals surface area contributed by atoms with Crippen LogP contribution in [0.25, 0.3) is 0 Å². The molecule has 1 saturated heterocycles. The number of carbonyl (C=O) groups excluding carboxylic acids is 2. The average molecular weight is 444 g/mol. The molecule has 1 atom stereocenters. The van der Waals surface area contributed by atoms with Crippen LogP contribution < -0.4 is 15.0 Å². The van der Waals surface area contributed by atoms with Crippen molar-refractivity contribution in [3.63, 3.8) is 0 Å². The smallest absolute Gasteiger partial charge is 0.258 e. The lowest BCUT2D eigenvalue weighted by Crippen LogP contribution is -2.55. The van der Waals surface area contributed by atoms with E-state index in [1.807, 2.05) is 36.6 Å². The number of carbonyl (C=O) groups is 2. The number of hydrogen-bond donors (Lipinski definition) is 2. The van der Waals surface area contributed by atoms with Gasteiger partial charge in [0.25, 0.3) is 5.91 Å². The van der Waals surface area contributed by atoms with Gasteiger partial charge in [-0.1, -0.05) is 30.3 Å². The largest absolute Gasteiger partial charge is 0.506 e. The standard InChI is InChI=1S/C23H29N3O4S/c1-31-16-11-19(24-22(28)17-30-18-7-3-2-4-8-18)23(29)26-14-12-25(13-15-26)20-9-5-6-10-21(20)27/h2-10,19,27H,11-17H2,1H3,(H,24,28)/t19-/m1/s1. The molecule has 2 N–H and O–H groups in total. The highest BCUT2D eigenvalue weighted by Crippen LogP contribution is 2.27. The third-order valence-electron chi connectivity index (χ3n) is 5.17. The molecule has 0 spiro atoms. The van der Waals surface area contributed by atoms with Crippen LogP contribution in [0.5, 0.6) is 11.5 Å². The molecule has 2 aromatic carbocycles. The number of nitrogens with zero attached hydrogens (tertiary/aromatic N) is 2. The Hall–Kier alpha value is -2.87. The second-order valence-electron chi connectivity index (χ2n) is 7.30. The minimum atomic E-state index is -0.573. The number of amides is 2. The van der Waals surface area contributed by atoms with Gasteiger partial charge >= 0.3 is 0 Å². The normalized spacial score (nSPS) is 14.7. The number of nitrogens with one attached hydrogen (secondary N) is 1. The lowest BCUT2D eigenvalue weighted by molar-refractivity contribution is -0.137. The predicted molar refractivity (Wildman–Crippen MR) is 124 cm³/mol. The first-order valence-electron chi connectivity index (χ1n) is 10.4. The molecular weight excluding hydrogens is 414 g/mol. The van der Waals surface area contributed by atoms with E-state index in [-0.39, 0.29) is 24.2 Å². The summed E-state index contributed by atoms with van der Waals surface area (Å²) in [6.45, 7) is 2.21. The summed E-state index contributed by atoms with van der Waals surface area (Å²) >= 11 is 1.64. The van der Waals surface area contributed by atoms with Gasteiger partial charge in [0.2, 0.25) is 5.91 Å². The minimum Gasteiger partial charge on any atom is -0.506 e. The van der Waals surface area contributed by atoms with Gasteiger partial charge in [0.1, 0.15) is 17.5 Å². The van der Waals surface area contributed by atoms with E-state index in [0.717, 1.165) is 11.4 Å². The number of thioether (sulfide) groups is 1. The highest BCUT2D eigenvalue weighted by Gasteiger charge is 2.29. The molecule has 31 heavy (non-hydrogen) atoms. The molecular formula is C23H29N3O4S. The monoisotopic (exact) mass is 443 g/mol.